The van der Waals surface area contributed by atoms with Gasteiger partial charge in [0.1, 0.15) is 19.5 Å². The Hall–Kier alpha value is -7.75. The van der Waals surface area contributed by atoms with E-state index in [1.54, 1.807) is 87.0 Å². The maximum Gasteiger partial charge on any atom is 1.00 e. The predicted octanol–water partition coefficient (Wildman–Crippen LogP) is 1.92. The molecule has 27 nitrogen and oxygen atoms in total. The Morgan fingerprint density at radius 3 is 1.24 bits per heavy atom. The Labute approximate surface area is 638 Å². The number of aldehydes is 1. The number of carbonyl (C=O) groups excluding carboxylic acids is 10. The van der Waals surface area contributed by atoms with Crippen molar-refractivity contribution in [2.45, 2.75) is 116 Å². The van der Waals surface area contributed by atoms with E-state index in [0.29, 0.717) is 74.2 Å². The van der Waals surface area contributed by atoms with Crippen LogP contribution in [-0.2, 0) is 92.4 Å². The minimum Gasteiger partial charge on any atom is -0.793 e. The molecule has 2 unspecified atom stereocenters. The van der Waals surface area contributed by atoms with Crippen LogP contribution in [0, 0.1) is 23.7 Å². The summed E-state index contributed by atoms with van der Waals surface area (Å²) in [4.78, 5) is 131. The van der Waals surface area contributed by atoms with E-state index < -0.39 is 76.8 Å². The fourth-order valence-electron chi connectivity index (χ4n) is 9.64. The number of hydrogen-bond acceptors (Lipinski definition) is 23. The zero-order chi connectivity index (χ0) is 75.0. The third-order valence-electron chi connectivity index (χ3n) is 16.2. The summed E-state index contributed by atoms with van der Waals surface area (Å²) in [5, 5.41) is 8.12. The van der Waals surface area contributed by atoms with Gasteiger partial charge in [-0.25, -0.2) is 19.4 Å². The molecule has 4 amide bonds. The summed E-state index contributed by atoms with van der Waals surface area (Å²) in [7, 11) is 13.4. The van der Waals surface area contributed by atoms with Crippen LogP contribution < -0.4 is 45.5 Å². The number of likely N-dealkylation sites (N-methyl/N-ethyl adjacent to an activating group) is 4. The predicted molar refractivity (Wildman–Crippen MR) is 381 cm³/mol. The maximum absolute atomic E-state index is 13.4. The number of methoxy groups -OCH3 is 2. The maximum atomic E-state index is 13.4. The number of hydrogen-bond donors (Lipinski definition) is 3. The van der Waals surface area contributed by atoms with Gasteiger partial charge < -0.3 is 76.3 Å². The normalized spacial score (nSPS) is 16.1. The number of amides is 4. The van der Waals surface area contributed by atoms with E-state index in [9.17, 15) is 47.9 Å². The molecule has 0 aliphatic carbocycles. The van der Waals surface area contributed by atoms with E-state index in [0.717, 1.165) is 112 Å². The molecule has 3 N–H and O–H groups in total. The monoisotopic (exact) mass is 1470 g/mol. The van der Waals surface area contributed by atoms with Gasteiger partial charge in [0, 0.05) is 148 Å². The van der Waals surface area contributed by atoms with Gasteiger partial charge in [0.05, 0.1) is 38.6 Å². The minimum absolute atomic E-state index is 0. The smallest absolute Gasteiger partial charge is 0.793 e. The van der Waals surface area contributed by atoms with E-state index in [1.807, 2.05) is 12.1 Å². The number of likely N-dealkylation sites (tertiary alicyclic amines) is 1. The van der Waals surface area contributed by atoms with Gasteiger partial charge in [0.15, 0.2) is 35.2 Å². The van der Waals surface area contributed by atoms with Crippen molar-refractivity contribution in [3.05, 3.63) is 142 Å². The summed E-state index contributed by atoms with van der Waals surface area (Å²) in [6.07, 6.45) is 5.66. The number of Topliss-reactive ketones (excluding diaryl/α,β-unsaturated/α-hetero) is 2. The Kier molecular flexibility index (Phi) is 44.3. The molecular weight excluding hydrogens is 1380 g/mol. The second kappa shape index (κ2) is 49.9. The average molecular weight is 1470 g/mol. The van der Waals surface area contributed by atoms with Crippen LogP contribution in [0.2, 0.25) is 0 Å². The summed E-state index contributed by atoms with van der Waals surface area (Å²) in [5.74, 6) is 7.32. The number of ketones is 2. The van der Waals surface area contributed by atoms with E-state index in [-0.39, 0.29) is 61.3 Å². The molecule has 104 heavy (non-hydrogen) atoms. The molecule has 0 aromatic heterocycles. The molecule has 0 spiro atoms. The van der Waals surface area contributed by atoms with Crippen molar-refractivity contribution in [3.63, 3.8) is 0 Å². The van der Waals surface area contributed by atoms with Crippen molar-refractivity contribution in [2.24, 2.45) is 0 Å². The van der Waals surface area contributed by atoms with E-state index in [4.69, 9.17) is 37.9 Å². The molecular formula is C74H96BClN6NaO21. The van der Waals surface area contributed by atoms with Crippen LogP contribution in [0.3, 0.4) is 0 Å². The number of nitrogens with one attached hydrogen (secondary N) is 3. The van der Waals surface area contributed by atoms with Crippen molar-refractivity contribution in [1.29, 1.82) is 0 Å². The summed E-state index contributed by atoms with van der Waals surface area (Å²) in [6, 6.07) is 28.4. The Balaban J connectivity index is 0.000000543. The molecule has 4 fully saturated rings. The van der Waals surface area contributed by atoms with Gasteiger partial charge >= 0.3 is 41.5 Å². The number of rotatable bonds is 25. The molecule has 3 radical (unpaired) electrons. The summed E-state index contributed by atoms with van der Waals surface area (Å²) in [5.41, 5.74) is 1.95. The van der Waals surface area contributed by atoms with Gasteiger partial charge in [0.2, 0.25) is 5.97 Å². The first kappa shape index (κ1) is 92.3. The van der Waals surface area contributed by atoms with Gasteiger partial charge in [-0.05, 0) is 131 Å². The fraction of sp³-hybridized carbons (Fsp3) is 0.486. The van der Waals surface area contributed by atoms with E-state index in [2.05, 4.69) is 79.1 Å². The zero-order valence-electron chi connectivity index (χ0n) is 61.5. The Morgan fingerprint density at radius 1 is 0.567 bits per heavy atom. The summed E-state index contributed by atoms with van der Waals surface area (Å²) < 4.78 is 46.8. The van der Waals surface area contributed by atoms with Crippen molar-refractivity contribution in [3.8, 4) is 23.7 Å². The fourth-order valence-corrected chi connectivity index (χ4v) is 9.64. The quantitative estimate of drug-likeness (QED) is 0.0162. The van der Waals surface area contributed by atoms with Gasteiger partial charge in [-0.3, -0.25) is 43.3 Å². The van der Waals surface area contributed by atoms with Crippen LogP contribution >= 0.6 is 12.4 Å². The van der Waals surface area contributed by atoms with Gasteiger partial charge in [-0.1, -0.05) is 47.9 Å². The third kappa shape index (κ3) is 31.5. The standard InChI is InChI=1S/C34H43N3O7.C28H30N2O6.C6H13NO2.C4H6O4.C2H3BO2.ClH.Na/c1-34(33(40)35-2,30(38)24-44-31-7-5-6-18-43-31)36(3)32(39)28-16-14-26(15-17-28)9-8-25-10-12-27(13-11-25)21-37-22-29(23-37)42-20-19-41-4;1-28(27(34)29-2,24(32)19-36-25-6-4-5-17-35-25)30(3)26(33)23-15-13-21(14-16-23)8-7-20-9-11-22(18-31)12-10-20;1-8-2-3-9-6-4-7-5-6;1-3(5)7-8-4(2)6;1-2(4)5-3;;/h10-17,29,31H,5-7,18-24H2,1-4H3,(H,35,40);9-16,18,25H,4-6,17,19H2,1-3H3,(H,29,34);6-7H,2-5H2,1H3;1-2H3;1H3;1H;/q;;;;-1;;+1/t31?,34-;25?,28-;;;;;/m11...../s1. The van der Waals surface area contributed by atoms with Crippen LogP contribution in [0.1, 0.15) is 132 Å². The molecule has 0 saturated carbocycles. The Morgan fingerprint density at radius 2 is 0.933 bits per heavy atom. The largest absolute Gasteiger partial charge is 1.00 e. The molecule has 4 aromatic carbocycles. The number of carbonyl (C=O) groups is 10. The van der Waals surface area contributed by atoms with Crippen molar-refractivity contribution < 1.29 is 130 Å². The van der Waals surface area contributed by atoms with Crippen LogP contribution in [0.15, 0.2) is 97.1 Å². The number of nitrogens with zero attached hydrogens (tertiary/aromatic N) is 3. The molecule has 4 atom stereocenters. The van der Waals surface area contributed by atoms with E-state index >= 15 is 0 Å². The topological polar surface area (TPSA) is 318 Å². The van der Waals surface area contributed by atoms with Gasteiger partial charge in [0.25, 0.3) is 23.6 Å². The van der Waals surface area contributed by atoms with Crippen molar-refractivity contribution >= 4 is 79.8 Å². The first-order valence-electron chi connectivity index (χ1n) is 33.2. The van der Waals surface area contributed by atoms with Crippen LogP contribution in [0.4, 0.5) is 0 Å². The minimum atomic E-state index is -1.77. The molecule has 4 heterocycles. The first-order valence-corrected chi connectivity index (χ1v) is 33.2. The summed E-state index contributed by atoms with van der Waals surface area (Å²) >= 11 is 0. The van der Waals surface area contributed by atoms with E-state index in [1.165, 1.54) is 54.5 Å². The molecule has 4 aromatic rings. The second-order valence-electron chi connectivity index (χ2n) is 23.8. The van der Waals surface area contributed by atoms with Crippen LogP contribution in [0.5, 0.6) is 0 Å². The average Bonchev–Trinajstić information content (AvgIpc) is 0.789. The SMILES string of the molecule is CC(=O)OOC(C)=O.CNC(=O)[C@@](C)(C(=O)COC1CCCCO1)N(C)C(=O)c1ccc(C#Cc2ccc(C=O)cc2)cc1.CNC(=O)[C@@](C)(C(=O)COC1CCCCO1)N(C)C(=O)c1ccc(C#Cc2ccc(CN3CC(OCCOC)C3)cc2)cc1.COCCOC1CNC1.Cl.[B-]OC(C)=O.[Na+]. The van der Waals surface area contributed by atoms with Gasteiger partial charge in [-0.2, -0.15) is 0 Å². The molecule has 4 saturated heterocycles. The number of halogens is 1. The molecule has 4 aliphatic heterocycles. The van der Waals surface area contributed by atoms with Gasteiger partial charge in [-0.15, -0.1) is 12.4 Å². The number of benzene rings is 4. The Bertz CT molecular complexity index is 3470. The molecule has 559 valence electrons. The summed E-state index contributed by atoms with van der Waals surface area (Å²) in [6.45, 7) is 14.2. The van der Waals surface area contributed by atoms with Crippen molar-refractivity contribution in [1.82, 2.24) is 30.7 Å². The number of ether oxygens (including phenoxy) is 8. The second-order valence-corrected chi connectivity index (χ2v) is 23.8. The molecule has 0 bridgehead atoms. The van der Waals surface area contributed by atoms with Crippen LogP contribution in [0.25, 0.3) is 0 Å². The first-order chi connectivity index (χ1) is 48.9. The molecule has 4 aliphatic rings. The zero-order valence-corrected chi connectivity index (χ0v) is 64.3. The molecule has 30 heteroatoms. The van der Waals surface area contributed by atoms with Crippen molar-refractivity contribution in [2.75, 3.05) is 121 Å². The molecule has 8 rings (SSSR count). The third-order valence-corrected chi connectivity index (χ3v) is 16.2. The van der Waals surface area contributed by atoms with Crippen LogP contribution in [-0.4, -0.2) is 239 Å².